The molecule has 0 spiro atoms. The van der Waals surface area contributed by atoms with Crippen LogP contribution in [-0.2, 0) is 10.0 Å². The zero-order valence-electron chi connectivity index (χ0n) is 9.49. The second-order valence-electron chi connectivity index (χ2n) is 3.64. The van der Waals surface area contributed by atoms with Gasteiger partial charge in [0.25, 0.3) is 0 Å². The van der Waals surface area contributed by atoms with Crippen LogP contribution in [0.2, 0.25) is 0 Å². The number of benzene rings is 1. The lowest BCUT2D eigenvalue weighted by Crippen LogP contribution is -2.30. The van der Waals surface area contributed by atoms with Crippen LogP contribution in [0.4, 0.5) is 0 Å². The Morgan fingerprint density at radius 2 is 1.94 bits per heavy atom. The molecule has 1 aromatic rings. The Balaban J connectivity index is 2.82. The second-order valence-corrected chi connectivity index (χ2v) is 6.81. The molecule has 0 saturated carbocycles. The van der Waals surface area contributed by atoms with Crippen molar-refractivity contribution in [1.82, 2.24) is 4.72 Å². The number of sulfonamides is 1. The molecule has 0 radical (unpaired) electrons. The van der Waals surface area contributed by atoms with Gasteiger partial charge in [-0.25, -0.2) is 13.1 Å². The largest absolute Gasteiger partial charge is 0.213 e. The van der Waals surface area contributed by atoms with Crippen molar-refractivity contribution in [3.63, 3.8) is 0 Å². The predicted molar refractivity (Wildman–Crippen MR) is 74.8 cm³/mol. The molecule has 3 nitrogen and oxygen atoms in total. The van der Waals surface area contributed by atoms with Crippen LogP contribution in [-0.4, -0.2) is 20.1 Å². The monoisotopic (exact) mass is 339 g/mol. The highest BCUT2D eigenvalue weighted by Crippen LogP contribution is 2.20. The van der Waals surface area contributed by atoms with E-state index in [0.29, 0.717) is 6.42 Å². The molecule has 0 aliphatic carbocycles. The smallest absolute Gasteiger partial charge is 0.212 e. The van der Waals surface area contributed by atoms with Gasteiger partial charge in [0.05, 0.1) is 5.75 Å². The molecule has 0 aromatic heterocycles. The van der Waals surface area contributed by atoms with Crippen molar-refractivity contribution in [2.75, 3.05) is 11.6 Å². The van der Waals surface area contributed by atoms with Gasteiger partial charge in [0.2, 0.25) is 10.0 Å². The van der Waals surface area contributed by atoms with Crippen molar-refractivity contribution in [2.45, 2.75) is 19.4 Å². The molecule has 0 saturated heterocycles. The molecule has 1 atom stereocenters. The van der Waals surface area contributed by atoms with Crippen molar-refractivity contribution in [2.24, 2.45) is 0 Å². The maximum Gasteiger partial charge on any atom is 0.213 e. The molecule has 96 valence electrons. The first-order valence-electron chi connectivity index (χ1n) is 5.30. The predicted octanol–water partition coefficient (Wildman–Crippen LogP) is 3.06. The first-order chi connectivity index (χ1) is 7.98. The normalized spacial score (nSPS) is 13.6. The van der Waals surface area contributed by atoms with Crippen LogP contribution < -0.4 is 4.72 Å². The molecule has 0 fully saturated rings. The Hall–Kier alpha value is -0.100. The van der Waals surface area contributed by atoms with Gasteiger partial charge in [-0.2, -0.15) is 0 Å². The molecule has 0 aliphatic rings. The second kappa shape index (κ2) is 6.73. The third-order valence-corrected chi connectivity index (χ3v) is 4.68. The summed E-state index contributed by atoms with van der Waals surface area (Å²) in [4.78, 5) is 0. The summed E-state index contributed by atoms with van der Waals surface area (Å²) in [5.41, 5.74) is 0.953. The summed E-state index contributed by atoms with van der Waals surface area (Å²) in [6.07, 6.45) is 0.698. The topological polar surface area (TPSA) is 46.2 Å². The summed E-state index contributed by atoms with van der Waals surface area (Å²) in [7, 11) is -3.29. The number of hydrogen-bond acceptors (Lipinski definition) is 2. The van der Waals surface area contributed by atoms with Crippen LogP contribution in [0.15, 0.2) is 28.7 Å². The van der Waals surface area contributed by atoms with E-state index in [2.05, 4.69) is 20.7 Å². The van der Waals surface area contributed by atoms with Gasteiger partial charge in [-0.1, -0.05) is 35.0 Å². The van der Waals surface area contributed by atoms with Crippen LogP contribution in [0.5, 0.6) is 0 Å². The quantitative estimate of drug-likeness (QED) is 0.809. The first-order valence-corrected chi connectivity index (χ1v) is 8.28. The minimum atomic E-state index is -3.29. The minimum absolute atomic E-state index is 0.0540. The third kappa shape index (κ3) is 4.95. The molecule has 0 aliphatic heterocycles. The maximum absolute atomic E-state index is 11.6. The van der Waals surface area contributed by atoms with Gasteiger partial charge in [0.1, 0.15) is 0 Å². The highest BCUT2D eigenvalue weighted by atomic mass is 79.9. The van der Waals surface area contributed by atoms with E-state index in [0.717, 1.165) is 10.0 Å². The molecule has 1 unspecified atom stereocenters. The summed E-state index contributed by atoms with van der Waals surface area (Å²) >= 11 is 8.80. The lowest BCUT2D eigenvalue weighted by molar-refractivity contribution is 0.551. The van der Waals surface area contributed by atoms with Crippen LogP contribution in [0, 0.1) is 0 Å². The van der Waals surface area contributed by atoms with Gasteiger partial charge in [-0.3, -0.25) is 0 Å². The lowest BCUT2D eigenvalue weighted by atomic mass is 10.1. The van der Waals surface area contributed by atoms with Gasteiger partial charge in [0, 0.05) is 16.4 Å². The Labute approximate surface area is 116 Å². The third-order valence-electron chi connectivity index (χ3n) is 2.35. The molecular weight excluding hydrogens is 326 g/mol. The van der Waals surface area contributed by atoms with Crippen molar-refractivity contribution in [3.05, 3.63) is 34.3 Å². The molecule has 0 bridgehead atoms. The average molecular weight is 341 g/mol. The Kier molecular flexibility index (Phi) is 5.92. The average Bonchev–Trinajstić information content (AvgIpc) is 2.27. The van der Waals surface area contributed by atoms with Crippen molar-refractivity contribution >= 4 is 37.6 Å². The number of alkyl halides is 1. The maximum atomic E-state index is 11.6. The van der Waals surface area contributed by atoms with E-state index in [1.54, 1.807) is 0 Å². The highest BCUT2D eigenvalue weighted by molar-refractivity contribution is 9.10. The fourth-order valence-corrected chi connectivity index (χ4v) is 3.39. The zero-order valence-corrected chi connectivity index (χ0v) is 12.6. The SMILES string of the molecule is CCC(NS(=O)(=O)CCCl)c1ccc(Br)cc1. The summed E-state index contributed by atoms with van der Waals surface area (Å²) in [5.74, 6) is 0.0493. The van der Waals surface area contributed by atoms with E-state index >= 15 is 0 Å². The summed E-state index contributed by atoms with van der Waals surface area (Å²) in [6.45, 7) is 1.94. The summed E-state index contributed by atoms with van der Waals surface area (Å²) in [6, 6.07) is 7.40. The fourth-order valence-electron chi connectivity index (χ4n) is 1.46. The Morgan fingerprint density at radius 1 is 1.35 bits per heavy atom. The molecule has 1 aromatic carbocycles. The number of rotatable bonds is 6. The molecule has 1 rings (SSSR count). The van der Waals surface area contributed by atoms with Crippen LogP contribution in [0.25, 0.3) is 0 Å². The standard InChI is InChI=1S/C11H15BrClNO2S/c1-2-11(14-17(15,16)8-7-13)9-3-5-10(12)6-4-9/h3-6,11,14H,2,7-8H2,1H3. The van der Waals surface area contributed by atoms with E-state index in [4.69, 9.17) is 11.6 Å². The molecule has 1 N–H and O–H groups in total. The van der Waals surface area contributed by atoms with Gasteiger partial charge in [0.15, 0.2) is 0 Å². The zero-order chi connectivity index (χ0) is 12.9. The Morgan fingerprint density at radius 3 is 2.41 bits per heavy atom. The van der Waals surface area contributed by atoms with Crippen LogP contribution >= 0.6 is 27.5 Å². The van der Waals surface area contributed by atoms with E-state index in [9.17, 15) is 8.42 Å². The van der Waals surface area contributed by atoms with E-state index in [-0.39, 0.29) is 17.7 Å². The fraction of sp³-hybridized carbons (Fsp3) is 0.455. The minimum Gasteiger partial charge on any atom is -0.212 e. The first kappa shape index (κ1) is 15.0. The summed E-state index contributed by atoms with van der Waals surface area (Å²) in [5, 5.41) is 0. The van der Waals surface area contributed by atoms with Gasteiger partial charge < -0.3 is 0 Å². The molecule has 0 amide bonds. The van der Waals surface area contributed by atoms with E-state index in [1.807, 2.05) is 31.2 Å². The molecule has 17 heavy (non-hydrogen) atoms. The number of halogens is 2. The highest BCUT2D eigenvalue weighted by Gasteiger charge is 2.17. The van der Waals surface area contributed by atoms with Crippen LogP contribution in [0.1, 0.15) is 24.9 Å². The molecular formula is C11H15BrClNO2S. The number of nitrogens with one attached hydrogen (secondary N) is 1. The Bertz CT molecular complexity index is 447. The van der Waals surface area contributed by atoms with E-state index in [1.165, 1.54) is 0 Å². The number of hydrogen-bond donors (Lipinski definition) is 1. The van der Waals surface area contributed by atoms with Crippen molar-refractivity contribution in [1.29, 1.82) is 0 Å². The lowest BCUT2D eigenvalue weighted by Gasteiger charge is -2.17. The van der Waals surface area contributed by atoms with Gasteiger partial charge in [-0.05, 0) is 24.1 Å². The molecule has 6 heteroatoms. The van der Waals surface area contributed by atoms with Crippen LogP contribution in [0.3, 0.4) is 0 Å². The molecule has 0 heterocycles. The summed E-state index contributed by atoms with van der Waals surface area (Å²) < 4.78 is 26.9. The van der Waals surface area contributed by atoms with Gasteiger partial charge >= 0.3 is 0 Å². The van der Waals surface area contributed by atoms with Gasteiger partial charge in [-0.15, -0.1) is 11.6 Å². The van der Waals surface area contributed by atoms with Crippen molar-refractivity contribution in [3.8, 4) is 0 Å². The van der Waals surface area contributed by atoms with Crippen molar-refractivity contribution < 1.29 is 8.42 Å². The van der Waals surface area contributed by atoms with E-state index < -0.39 is 10.0 Å².